The number of likely N-dealkylation sites (N-methyl/N-ethyl adjacent to an activating group) is 1. The van der Waals surface area contributed by atoms with E-state index in [1.54, 1.807) is 6.07 Å². The zero-order chi connectivity index (χ0) is 23.4. The number of rotatable bonds is 8. The molecule has 170 valence electrons. The number of amides is 1. The maximum absolute atomic E-state index is 13.3. The molecule has 0 bridgehead atoms. The van der Waals surface area contributed by atoms with Crippen LogP contribution < -0.4 is 16.6 Å². The molecule has 32 heavy (non-hydrogen) atoms. The fourth-order valence-electron chi connectivity index (χ4n) is 3.76. The predicted octanol–water partition coefficient (Wildman–Crippen LogP) is 2.65. The van der Waals surface area contributed by atoms with Gasteiger partial charge in [-0.05, 0) is 38.1 Å². The number of pyridine rings is 1. The Hall–Kier alpha value is -3.26. The highest BCUT2D eigenvalue weighted by atomic mass is 16.2. The largest absolute Gasteiger partial charge is 0.350 e. The predicted molar refractivity (Wildman–Crippen MR) is 126 cm³/mol. The van der Waals surface area contributed by atoms with E-state index in [9.17, 15) is 14.4 Å². The molecule has 1 amide bonds. The van der Waals surface area contributed by atoms with E-state index < -0.39 is 11.2 Å². The maximum atomic E-state index is 13.3. The van der Waals surface area contributed by atoms with E-state index in [4.69, 9.17) is 0 Å². The van der Waals surface area contributed by atoms with Gasteiger partial charge in [0, 0.05) is 18.8 Å². The second kappa shape index (κ2) is 9.91. The van der Waals surface area contributed by atoms with Gasteiger partial charge in [-0.2, -0.15) is 0 Å². The van der Waals surface area contributed by atoms with Gasteiger partial charge in [-0.25, -0.2) is 9.78 Å². The molecule has 1 aromatic carbocycles. The SMILES string of the molecule is CCCn1c(=O)[nH]c(=O)c2c(C(=O)NCC(c3ccccc3)N(C)C)cc(C(C)C)nc21. The summed E-state index contributed by atoms with van der Waals surface area (Å²) < 4.78 is 1.44. The Morgan fingerprint density at radius 3 is 2.47 bits per heavy atom. The summed E-state index contributed by atoms with van der Waals surface area (Å²) in [5.41, 5.74) is 1.11. The molecular weight excluding hydrogens is 406 g/mol. The minimum atomic E-state index is -0.600. The van der Waals surface area contributed by atoms with Gasteiger partial charge in [-0.3, -0.25) is 19.1 Å². The quantitative estimate of drug-likeness (QED) is 0.564. The first-order chi connectivity index (χ1) is 15.2. The Bertz CT molecular complexity index is 1210. The second-order valence-electron chi connectivity index (χ2n) is 8.46. The van der Waals surface area contributed by atoms with E-state index in [1.807, 2.05) is 70.1 Å². The first-order valence-electron chi connectivity index (χ1n) is 10.9. The van der Waals surface area contributed by atoms with E-state index in [0.29, 0.717) is 25.2 Å². The molecule has 0 aliphatic carbocycles. The average molecular weight is 438 g/mol. The summed E-state index contributed by atoms with van der Waals surface area (Å²) in [6.45, 7) is 6.63. The number of carbonyl (C=O) groups excluding carboxylic acids is 1. The number of aromatic amines is 1. The molecule has 0 saturated carbocycles. The van der Waals surface area contributed by atoms with Crippen molar-refractivity contribution in [1.82, 2.24) is 24.8 Å². The number of aromatic nitrogens is 3. The van der Waals surface area contributed by atoms with Gasteiger partial charge >= 0.3 is 5.69 Å². The molecule has 0 fully saturated rings. The fraction of sp³-hybridized carbons (Fsp3) is 0.417. The van der Waals surface area contributed by atoms with Gasteiger partial charge in [-0.15, -0.1) is 0 Å². The van der Waals surface area contributed by atoms with Crippen molar-refractivity contribution in [2.75, 3.05) is 20.6 Å². The molecule has 2 N–H and O–H groups in total. The lowest BCUT2D eigenvalue weighted by molar-refractivity contribution is 0.0943. The Labute approximate surface area is 187 Å². The lowest BCUT2D eigenvalue weighted by Crippen LogP contribution is -2.36. The molecule has 1 atom stereocenters. The number of benzene rings is 1. The number of hydrogen-bond donors (Lipinski definition) is 2. The highest BCUT2D eigenvalue weighted by Gasteiger charge is 2.22. The van der Waals surface area contributed by atoms with Crippen LogP contribution in [0.2, 0.25) is 0 Å². The van der Waals surface area contributed by atoms with Crippen LogP contribution in [-0.4, -0.2) is 46.0 Å². The number of aryl methyl sites for hydroxylation is 1. The van der Waals surface area contributed by atoms with Crippen molar-refractivity contribution >= 4 is 16.9 Å². The summed E-state index contributed by atoms with van der Waals surface area (Å²) in [6, 6.07) is 11.5. The molecule has 8 heteroatoms. The first kappa shape index (κ1) is 23.4. The van der Waals surface area contributed by atoms with Gasteiger partial charge in [0.25, 0.3) is 11.5 Å². The summed E-state index contributed by atoms with van der Waals surface area (Å²) in [5.74, 6) is -0.344. The minimum absolute atomic E-state index is 0.0225. The van der Waals surface area contributed by atoms with Crippen LogP contribution in [0, 0.1) is 0 Å². The summed E-state index contributed by atoms with van der Waals surface area (Å²) in [7, 11) is 3.91. The Morgan fingerprint density at radius 2 is 1.88 bits per heavy atom. The van der Waals surface area contributed by atoms with E-state index >= 15 is 0 Å². The van der Waals surface area contributed by atoms with Crippen molar-refractivity contribution in [3.8, 4) is 0 Å². The van der Waals surface area contributed by atoms with Gasteiger partial charge in [0.05, 0.1) is 17.0 Å². The van der Waals surface area contributed by atoms with Crippen LogP contribution in [0.25, 0.3) is 11.0 Å². The van der Waals surface area contributed by atoms with E-state index in [1.165, 1.54) is 4.57 Å². The summed E-state index contributed by atoms with van der Waals surface area (Å²) in [5, 5.41) is 3.12. The molecule has 3 rings (SSSR count). The van der Waals surface area contributed by atoms with Crippen LogP contribution in [0.15, 0.2) is 46.0 Å². The van der Waals surface area contributed by atoms with Crippen molar-refractivity contribution in [2.45, 2.75) is 45.7 Å². The summed E-state index contributed by atoms with van der Waals surface area (Å²) in [6.07, 6.45) is 0.692. The van der Waals surface area contributed by atoms with Crippen molar-refractivity contribution < 1.29 is 4.79 Å². The third-order valence-electron chi connectivity index (χ3n) is 5.52. The summed E-state index contributed by atoms with van der Waals surface area (Å²) in [4.78, 5) is 47.4. The number of carbonyl (C=O) groups is 1. The minimum Gasteiger partial charge on any atom is -0.350 e. The van der Waals surface area contributed by atoms with Gasteiger partial charge < -0.3 is 10.2 Å². The third kappa shape index (κ3) is 4.80. The van der Waals surface area contributed by atoms with Gasteiger partial charge in [0.2, 0.25) is 0 Å². The molecular formula is C24H31N5O3. The molecule has 0 saturated heterocycles. The molecule has 1 unspecified atom stereocenters. The van der Waals surface area contributed by atoms with E-state index in [2.05, 4.69) is 15.3 Å². The standard InChI is InChI=1S/C24H31N5O3/c1-6-12-29-21-20(23(31)27-24(29)32)17(13-18(26-21)15(2)3)22(30)25-14-19(28(4)5)16-10-8-7-9-11-16/h7-11,13,15,19H,6,12,14H2,1-5H3,(H,25,30)(H,27,31,32). The molecule has 8 nitrogen and oxygen atoms in total. The molecule has 3 aromatic rings. The number of nitrogens with zero attached hydrogens (tertiary/aromatic N) is 3. The first-order valence-corrected chi connectivity index (χ1v) is 10.9. The van der Waals surface area contributed by atoms with Crippen molar-refractivity contribution in [1.29, 1.82) is 0 Å². The number of fused-ring (bicyclic) bond motifs is 1. The lowest BCUT2D eigenvalue weighted by atomic mass is 10.0. The third-order valence-corrected chi connectivity index (χ3v) is 5.52. The topological polar surface area (TPSA) is 100 Å². The second-order valence-corrected chi connectivity index (χ2v) is 8.46. The van der Waals surface area contributed by atoms with Crippen LogP contribution >= 0.6 is 0 Å². The molecule has 2 heterocycles. The van der Waals surface area contributed by atoms with Crippen molar-refractivity contribution in [3.63, 3.8) is 0 Å². The molecule has 0 aliphatic heterocycles. The van der Waals surface area contributed by atoms with Crippen molar-refractivity contribution in [2.24, 2.45) is 0 Å². The van der Waals surface area contributed by atoms with Crippen LogP contribution in [0.1, 0.15) is 60.8 Å². The monoisotopic (exact) mass is 437 g/mol. The van der Waals surface area contributed by atoms with Crippen LogP contribution in [0.3, 0.4) is 0 Å². The smallest absolute Gasteiger partial charge is 0.329 e. The highest BCUT2D eigenvalue weighted by molar-refractivity contribution is 6.05. The van der Waals surface area contributed by atoms with E-state index in [0.717, 1.165) is 5.56 Å². The lowest BCUT2D eigenvalue weighted by Gasteiger charge is -2.25. The number of H-pyrrole nitrogens is 1. The molecule has 0 spiro atoms. The maximum Gasteiger partial charge on any atom is 0.329 e. The van der Waals surface area contributed by atoms with Crippen LogP contribution in [0.5, 0.6) is 0 Å². The molecule has 2 aromatic heterocycles. The van der Waals surface area contributed by atoms with Gasteiger partial charge in [-0.1, -0.05) is 51.1 Å². The van der Waals surface area contributed by atoms with Crippen LogP contribution in [0.4, 0.5) is 0 Å². The fourth-order valence-corrected chi connectivity index (χ4v) is 3.76. The zero-order valence-corrected chi connectivity index (χ0v) is 19.3. The normalized spacial score (nSPS) is 12.5. The van der Waals surface area contributed by atoms with Crippen LogP contribution in [-0.2, 0) is 6.54 Å². The zero-order valence-electron chi connectivity index (χ0n) is 19.3. The van der Waals surface area contributed by atoms with Gasteiger partial charge in [0.1, 0.15) is 0 Å². The average Bonchev–Trinajstić information content (AvgIpc) is 2.76. The Balaban J connectivity index is 2.07. The van der Waals surface area contributed by atoms with Gasteiger partial charge in [0.15, 0.2) is 5.65 Å². The molecule has 0 aliphatic rings. The number of hydrogen-bond acceptors (Lipinski definition) is 5. The number of nitrogens with one attached hydrogen (secondary N) is 2. The highest BCUT2D eigenvalue weighted by Crippen LogP contribution is 2.21. The Morgan fingerprint density at radius 1 is 1.19 bits per heavy atom. The molecule has 0 radical (unpaired) electrons. The van der Waals surface area contributed by atoms with E-state index in [-0.39, 0.29) is 34.5 Å². The summed E-state index contributed by atoms with van der Waals surface area (Å²) >= 11 is 0. The van der Waals surface area contributed by atoms with Crippen molar-refractivity contribution in [3.05, 3.63) is 74.1 Å². The Kier molecular flexibility index (Phi) is 7.25.